The lowest BCUT2D eigenvalue weighted by atomic mass is 9.86. The first-order chi connectivity index (χ1) is 8.78. The van der Waals surface area contributed by atoms with Crippen LogP contribution in [0.4, 0.5) is 0 Å². The summed E-state index contributed by atoms with van der Waals surface area (Å²) in [5.74, 6) is 1.63. The predicted octanol–water partition coefficient (Wildman–Crippen LogP) is 4.37. The van der Waals surface area contributed by atoms with Gasteiger partial charge in [0.15, 0.2) is 0 Å². The second kappa shape index (κ2) is 7.30. The van der Waals surface area contributed by atoms with E-state index in [1.807, 2.05) is 0 Å². The zero-order valence-electron chi connectivity index (χ0n) is 11.2. The van der Waals surface area contributed by atoms with Crippen LogP contribution in [0.2, 0.25) is 0 Å². The third-order valence-corrected chi connectivity index (χ3v) is 4.75. The van der Waals surface area contributed by atoms with Gasteiger partial charge in [-0.3, -0.25) is 0 Å². The first kappa shape index (κ1) is 14.1. The van der Waals surface area contributed by atoms with E-state index in [4.69, 9.17) is 4.74 Å². The Morgan fingerprint density at radius 2 is 2.11 bits per heavy atom. The second-order valence-electron chi connectivity index (χ2n) is 5.50. The van der Waals surface area contributed by atoms with Crippen molar-refractivity contribution in [3.63, 3.8) is 0 Å². The molecule has 0 aliphatic carbocycles. The van der Waals surface area contributed by atoms with E-state index in [2.05, 4.69) is 47.1 Å². The van der Waals surface area contributed by atoms with Crippen molar-refractivity contribution in [1.82, 2.24) is 0 Å². The lowest BCUT2D eigenvalue weighted by molar-refractivity contribution is 0.0596. The van der Waals surface area contributed by atoms with Gasteiger partial charge in [0, 0.05) is 18.5 Å². The van der Waals surface area contributed by atoms with Crippen molar-refractivity contribution in [3.8, 4) is 0 Å². The van der Waals surface area contributed by atoms with Gasteiger partial charge in [0.2, 0.25) is 0 Å². The van der Waals surface area contributed by atoms with E-state index < -0.39 is 0 Å². The number of alkyl halides is 1. The van der Waals surface area contributed by atoms with Gasteiger partial charge in [0.25, 0.3) is 0 Å². The molecule has 1 unspecified atom stereocenters. The molecule has 0 spiro atoms. The molecule has 1 saturated heterocycles. The van der Waals surface area contributed by atoms with Gasteiger partial charge in [0.1, 0.15) is 0 Å². The van der Waals surface area contributed by atoms with Crippen LogP contribution in [0.5, 0.6) is 0 Å². The van der Waals surface area contributed by atoms with Crippen molar-refractivity contribution in [2.75, 3.05) is 18.5 Å². The molecule has 1 heterocycles. The molecule has 1 fully saturated rings. The Morgan fingerprint density at radius 3 is 2.78 bits per heavy atom. The van der Waals surface area contributed by atoms with E-state index in [1.165, 1.54) is 36.8 Å². The molecule has 0 radical (unpaired) electrons. The van der Waals surface area contributed by atoms with Crippen LogP contribution in [-0.2, 0) is 11.2 Å². The molecule has 0 aromatic heterocycles. The summed E-state index contributed by atoms with van der Waals surface area (Å²) in [6.07, 6.45) is 5.03. The van der Waals surface area contributed by atoms with Crippen molar-refractivity contribution in [1.29, 1.82) is 0 Å². The van der Waals surface area contributed by atoms with E-state index >= 15 is 0 Å². The van der Waals surface area contributed by atoms with Crippen LogP contribution in [0.15, 0.2) is 24.3 Å². The van der Waals surface area contributed by atoms with Gasteiger partial charge in [-0.05, 0) is 50.0 Å². The number of halogens is 1. The van der Waals surface area contributed by atoms with E-state index in [-0.39, 0.29) is 0 Å². The van der Waals surface area contributed by atoms with Crippen molar-refractivity contribution >= 4 is 15.9 Å². The van der Waals surface area contributed by atoms with Crippen molar-refractivity contribution in [2.45, 2.75) is 32.6 Å². The SMILES string of the molecule is Cc1cccc(CC(CBr)CC2CCOCC2)c1. The maximum atomic E-state index is 5.44. The third kappa shape index (κ3) is 4.40. The van der Waals surface area contributed by atoms with Gasteiger partial charge in [-0.1, -0.05) is 45.8 Å². The molecule has 1 aromatic rings. The fourth-order valence-electron chi connectivity index (χ4n) is 2.83. The Hall–Kier alpha value is -0.340. The molecule has 2 heteroatoms. The summed E-state index contributed by atoms with van der Waals surface area (Å²) in [4.78, 5) is 0. The van der Waals surface area contributed by atoms with E-state index in [9.17, 15) is 0 Å². The average molecular weight is 311 g/mol. The Labute approximate surface area is 119 Å². The number of benzene rings is 1. The van der Waals surface area contributed by atoms with Crippen LogP contribution >= 0.6 is 15.9 Å². The highest BCUT2D eigenvalue weighted by Crippen LogP contribution is 2.26. The minimum absolute atomic E-state index is 0.759. The fraction of sp³-hybridized carbons (Fsp3) is 0.625. The highest BCUT2D eigenvalue weighted by molar-refractivity contribution is 9.09. The van der Waals surface area contributed by atoms with Gasteiger partial charge in [-0.2, -0.15) is 0 Å². The zero-order chi connectivity index (χ0) is 12.8. The molecule has 0 N–H and O–H groups in total. The van der Waals surface area contributed by atoms with Gasteiger partial charge < -0.3 is 4.74 Å². The van der Waals surface area contributed by atoms with E-state index in [0.717, 1.165) is 30.4 Å². The first-order valence-electron chi connectivity index (χ1n) is 6.97. The molecule has 18 heavy (non-hydrogen) atoms. The number of rotatable bonds is 5. The quantitative estimate of drug-likeness (QED) is 0.734. The molecule has 0 saturated carbocycles. The van der Waals surface area contributed by atoms with Crippen molar-refractivity contribution in [2.24, 2.45) is 11.8 Å². The Morgan fingerprint density at radius 1 is 1.33 bits per heavy atom. The van der Waals surface area contributed by atoms with Crippen molar-refractivity contribution in [3.05, 3.63) is 35.4 Å². The summed E-state index contributed by atoms with van der Waals surface area (Å²) >= 11 is 3.69. The number of hydrogen-bond acceptors (Lipinski definition) is 1. The largest absolute Gasteiger partial charge is 0.381 e. The molecule has 2 rings (SSSR count). The highest BCUT2D eigenvalue weighted by atomic mass is 79.9. The maximum Gasteiger partial charge on any atom is 0.0468 e. The van der Waals surface area contributed by atoms with Crippen molar-refractivity contribution < 1.29 is 4.74 Å². The molecule has 0 bridgehead atoms. The molecule has 100 valence electrons. The summed E-state index contributed by atoms with van der Waals surface area (Å²) in [6.45, 7) is 4.10. The Balaban J connectivity index is 1.88. The Kier molecular flexibility index (Phi) is 5.71. The van der Waals surface area contributed by atoms with E-state index in [1.54, 1.807) is 0 Å². The molecular weight excluding hydrogens is 288 g/mol. The van der Waals surface area contributed by atoms with Crippen LogP contribution in [0.3, 0.4) is 0 Å². The average Bonchev–Trinajstić information content (AvgIpc) is 2.39. The monoisotopic (exact) mass is 310 g/mol. The summed E-state index contributed by atoms with van der Waals surface area (Å²) < 4.78 is 5.44. The van der Waals surface area contributed by atoms with Crippen LogP contribution in [-0.4, -0.2) is 18.5 Å². The van der Waals surface area contributed by atoms with Crippen LogP contribution in [0.25, 0.3) is 0 Å². The van der Waals surface area contributed by atoms with Gasteiger partial charge in [0.05, 0.1) is 0 Å². The van der Waals surface area contributed by atoms with Gasteiger partial charge in [-0.15, -0.1) is 0 Å². The molecule has 0 amide bonds. The Bertz CT molecular complexity index is 358. The number of ether oxygens (including phenoxy) is 1. The normalized spacial score (nSPS) is 18.8. The molecule has 1 aliphatic rings. The summed E-state index contributed by atoms with van der Waals surface area (Å²) in [5.41, 5.74) is 2.85. The second-order valence-corrected chi connectivity index (χ2v) is 6.15. The molecule has 1 atom stereocenters. The fourth-order valence-corrected chi connectivity index (χ4v) is 3.32. The third-order valence-electron chi connectivity index (χ3n) is 3.83. The van der Waals surface area contributed by atoms with E-state index in [0.29, 0.717) is 0 Å². The number of hydrogen-bond donors (Lipinski definition) is 0. The predicted molar refractivity (Wildman–Crippen MR) is 80.3 cm³/mol. The standard InChI is InChI=1S/C16H23BrO/c1-13-3-2-4-15(9-13)11-16(12-17)10-14-5-7-18-8-6-14/h2-4,9,14,16H,5-8,10-12H2,1H3. The first-order valence-corrected chi connectivity index (χ1v) is 8.09. The molecule has 1 aliphatic heterocycles. The minimum atomic E-state index is 0.759. The summed E-state index contributed by atoms with van der Waals surface area (Å²) in [7, 11) is 0. The molecule has 1 nitrogen and oxygen atoms in total. The molecule has 1 aromatic carbocycles. The summed E-state index contributed by atoms with van der Waals surface area (Å²) in [6, 6.07) is 8.92. The number of aryl methyl sites for hydroxylation is 1. The topological polar surface area (TPSA) is 9.23 Å². The summed E-state index contributed by atoms with van der Waals surface area (Å²) in [5, 5.41) is 1.11. The maximum absolute atomic E-state index is 5.44. The van der Waals surface area contributed by atoms with Gasteiger partial charge in [-0.25, -0.2) is 0 Å². The highest BCUT2D eigenvalue weighted by Gasteiger charge is 2.19. The van der Waals surface area contributed by atoms with Crippen LogP contribution in [0.1, 0.15) is 30.4 Å². The minimum Gasteiger partial charge on any atom is -0.381 e. The zero-order valence-corrected chi connectivity index (χ0v) is 12.8. The van der Waals surface area contributed by atoms with Crippen LogP contribution in [0, 0.1) is 18.8 Å². The lowest BCUT2D eigenvalue weighted by Crippen LogP contribution is -2.20. The molecular formula is C16H23BrO. The van der Waals surface area contributed by atoms with Crippen LogP contribution < -0.4 is 0 Å². The van der Waals surface area contributed by atoms with Gasteiger partial charge >= 0.3 is 0 Å². The lowest BCUT2D eigenvalue weighted by Gasteiger charge is -2.26. The smallest absolute Gasteiger partial charge is 0.0468 e.